The summed E-state index contributed by atoms with van der Waals surface area (Å²) in [5, 5.41) is 17.1. The van der Waals surface area contributed by atoms with Gasteiger partial charge in [0.1, 0.15) is 11.8 Å². The Labute approximate surface area is 212 Å². The fourth-order valence-electron chi connectivity index (χ4n) is 5.06. The molecule has 1 aromatic heterocycles. The highest BCUT2D eigenvalue weighted by Gasteiger charge is 2.29. The van der Waals surface area contributed by atoms with Crippen molar-refractivity contribution < 1.29 is 9.53 Å². The second kappa shape index (κ2) is 10.7. The average Bonchev–Trinajstić information content (AvgIpc) is 3.17. The van der Waals surface area contributed by atoms with Crippen molar-refractivity contribution in [1.29, 1.82) is 5.26 Å². The van der Waals surface area contributed by atoms with E-state index in [1.165, 1.54) is 12.0 Å². The molecule has 5 rings (SSSR count). The number of carbonyl (C=O) groups excluding carboxylic acids is 1. The molecule has 2 aliphatic rings. The Bertz CT molecular complexity index is 1340. The zero-order valence-electron chi connectivity index (χ0n) is 20.7. The van der Waals surface area contributed by atoms with Gasteiger partial charge in [0.25, 0.3) is 0 Å². The van der Waals surface area contributed by atoms with Gasteiger partial charge in [-0.3, -0.25) is 0 Å². The Kier molecular flexibility index (Phi) is 7.08. The molecule has 2 aliphatic carbocycles. The van der Waals surface area contributed by atoms with E-state index >= 15 is 0 Å². The Hall–Kier alpha value is -3.98. The number of hydrogen-bond acceptors (Lipinski definition) is 3. The summed E-state index contributed by atoms with van der Waals surface area (Å²) in [5.41, 5.74) is 5.00. The zero-order chi connectivity index (χ0) is 24.9. The molecule has 1 unspecified atom stereocenters. The number of benzene rings is 2. The standard InChI is InChI=1S/C30H32N4O2/c1-2-36-25-15-16-28-26(19-25)27(20-31)29(34(28)24-9-6-10-24)22-11-13-23(14-12-22)33-30(35)32-18-17-21-7-4-3-5-8-21/h3-5,7-8,11-13,15-16,19,23-24H,2,6,9-10,14,17-18H2,1H3,(H2,32,33,35). The van der Waals surface area contributed by atoms with Gasteiger partial charge >= 0.3 is 6.03 Å². The number of amides is 2. The molecule has 1 fully saturated rings. The number of carbonyl (C=O) groups is 1. The van der Waals surface area contributed by atoms with Crippen molar-refractivity contribution in [2.24, 2.45) is 0 Å². The monoisotopic (exact) mass is 480 g/mol. The van der Waals surface area contributed by atoms with Crippen LogP contribution < -0.4 is 15.4 Å². The quantitative estimate of drug-likeness (QED) is 0.422. The number of ether oxygens (including phenoxy) is 1. The molecule has 36 heavy (non-hydrogen) atoms. The first-order valence-corrected chi connectivity index (χ1v) is 12.9. The van der Waals surface area contributed by atoms with Gasteiger partial charge in [-0.15, -0.1) is 0 Å². The van der Waals surface area contributed by atoms with Gasteiger partial charge in [0.15, 0.2) is 0 Å². The molecule has 6 heteroatoms. The number of rotatable bonds is 8. The van der Waals surface area contributed by atoms with Crippen molar-refractivity contribution >= 4 is 22.5 Å². The first-order valence-electron chi connectivity index (χ1n) is 12.9. The molecule has 184 valence electrons. The number of fused-ring (bicyclic) bond motifs is 1. The minimum Gasteiger partial charge on any atom is -0.494 e. The lowest BCUT2D eigenvalue weighted by atomic mass is 9.91. The molecule has 3 aromatic rings. The smallest absolute Gasteiger partial charge is 0.315 e. The normalized spacial score (nSPS) is 17.2. The van der Waals surface area contributed by atoms with Gasteiger partial charge in [0.05, 0.1) is 29.4 Å². The van der Waals surface area contributed by atoms with Crippen LogP contribution in [0.4, 0.5) is 4.79 Å². The fourth-order valence-corrected chi connectivity index (χ4v) is 5.06. The van der Waals surface area contributed by atoms with Crippen molar-refractivity contribution in [3.63, 3.8) is 0 Å². The predicted octanol–water partition coefficient (Wildman–Crippen LogP) is 5.89. The molecule has 0 radical (unpaired) electrons. The van der Waals surface area contributed by atoms with Gasteiger partial charge in [-0.2, -0.15) is 5.26 Å². The van der Waals surface area contributed by atoms with Crippen molar-refractivity contribution in [2.75, 3.05) is 13.2 Å². The summed E-state index contributed by atoms with van der Waals surface area (Å²) in [5.74, 6) is 0.787. The van der Waals surface area contributed by atoms with Crippen LogP contribution in [0.25, 0.3) is 16.5 Å². The molecule has 2 aromatic carbocycles. The molecule has 0 aliphatic heterocycles. The van der Waals surface area contributed by atoms with E-state index in [0.717, 1.165) is 47.2 Å². The maximum Gasteiger partial charge on any atom is 0.315 e. The Morgan fingerprint density at radius 1 is 1.19 bits per heavy atom. The SMILES string of the molecule is CCOc1ccc2c(c1)c(C#N)c(C1=CCC(NC(=O)NCCc3ccccc3)C=C1)n2C1CCC1. The number of nitrogens with one attached hydrogen (secondary N) is 2. The third-order valence-corrected chi connectivity index (χ3v) is 7.07. The molecule has 0 bridgehead atoms. The van der Waals surface area contributed by atoms with Crippen LogP contribution in [0.5, 0.6) is 5.75 Å². The van der Waals surface area contributed by atoms with E-state index < -0.39 is 0 Å². The molecule has 2 amide bonds. The number of nitriles is 1. The zero-order valence-corrected chi connectivity index (χ0v) is 20.7. The van der Waals surface area contributed by atoms with Gasteiger partial charge in [-0.25, -0.2) is 4.79 Å². The number of hydrogen-bond donors (Lipinski definition) is 2. The van der Waals surface area contributed by atoms with Crippen LogP contribution in [0.1, 0.15) is 55.5 Å². The second-order valence-electron chi connectivity index (χ2n) is 9.40. The third-order valence-electron chi connectivity index (χ3n) is 7.07. The summed E-state index contributed by atoms with van der Waals surface area (Å²) in [6, 6.07) is 18.8. The van der Waals surface area contributed by atoms with Crippen LogP contribution in [-0.2, 0) is 6.42 Å². The summed E-state index contributed by atoms with van der Waals surface area (Å²) >= 11 is 0. The van der Waals surface area contributed by atoms with E-state index in [-0.39, 0.29) is 12.1 Å². The van der Waals surface area contributed by atoms with Crippen LogP contribution in [0.2, 0.25) is 0 Å². The molecule has 0 saturated heterocycles. The number of aromatic nitrogens is 1. The highest BCUT2D eigenvalue weighted by Crippen LogP contribution is 2.42. The summed E-state index contributed by atoms with van der Waals surface area (Å²) in [6.45, 7) is 3.14. The van der Waals surface area contributed by atoms with Gasteiger partial charge in [0.2, 0.25) is 0 Å². The lowest BCUT2D eigenvalue weighted by Gasteiger charge is -2.31. The Morgan fingerprint density at radius 3 is 2.69 bits per heavy atom. The number of nitrogens with zero attached hydrogens (tertiary/aromatic N) is 2. The van der Waals surface area contributed by atoms with Gasteiger partial charge in [0, 0.05) is 18.0 Å². The van der Waals surface area contributed by atoms with Crippen molar-refractivity contribution in [2.45, 2.75) is 51.1 Å². The summed E-state index contributed by atoms with van der Waals surface area (Å²) < 4.78 is 8.07. The van der Waals surface area contributed by atoms with E-state index in [1.807, 2.05) is 49.4 Å². The Balaban J connectivity index is 1.31. The van der Waals surface area contributed by atoms with E-state index in [9.17, 15) is 10.1 Å². The topological polar surface area (TPSA) is 79.1 Å². The van der Waals surface area contributed by atoms with Gasteiger partial charge in [-0.1, -0.05) is 48.6 Å². The minimum absolute atomic E-state index is 0.0814. The maximum atomic E-state index is 12.4. The van der Waals surface area contributed by atoms with E-state index in [0.29, 0.717) is 31.2 Å². The molecule has 0 spiro atoms. The lowest BCUT2D eigenvalue weighted by molar-refractivity contribution is 0.239. The summed E-state index contributed by atoms with van der Waals surface area (Å²) in [4.78, 5) is 12.4. The highest BCUT2D eigenvalue weighted by molar-refractivity contribution is 5.95. The average molecular weight is 481 g/mol. The maximum absolute atomic E-state index is 12.4. The lowest BCUT2D eigenvalue weighted by Crippen LogP contribution is -2.42. The van der Waals surface area contributed by atoms with Crippen LogP contribution in [0.3, 0.4) is 0 Å². The molecule has 6 nitrogen and oxygen atoms in total. The van der Waals surface area contributed by atoms with Crippen molar-refractivity contribution in [3.8, 4) is 11.8 Å². The van der Waals surface area contributed by atoms with E-state index in [1.54, 1.807) is 0 Å². The number of allylic oxidation sites excluding steroid dienone is 2. The first-order chi connectivity index (χ1) is 17.7. The van der Waals surface area contributed by atoms with Crippen LogP contribution >= 0.6 is 0 Å². The van der Waals surface area contributed by atoms with Crippen molar-refractivity contribution in [3.05, 3.63) is 83.6 Å². The molecule has 1 heterocycles. The van der Waals surface area contributed by atoms with Crippen LogP contribution in [-0.4, -0.2) is 29.8 Å². The van der Waals surface area contributed by atoms with Gasteiger partial charge < -0.3 is 19.9 Å². The molecule has 1 atom stereocenters. The summed E-state index contributed by atoms with van der Waals surface area (Å²) in [7, 11) is 0. The van der Waals surface area contributed by atoms with Crippen LogP contribution in [0.15, 0.2) is 66.8 Å². The molecular formula is C30H32N4O2. The molecule has 1 saturated carbocycles. The highest BCUT2D eigenvalue weighted by atomic mass is 16.5. The van der Waals surface area contributed by atoms with Gasteiger partial charge in [-0.05, 0) is 68.4 Å². The first kappa shape index (κ1) is 23.7. The largest absolute Gasteiger partial charge is 0.494 e. The Morgan fingerprint density at radius 2 is 2.03 bits per heavy atom. The van der Waals surface area contributed by atoms with Crippen LogP contribution in [0, 0.1) is 11.3 Å². The molecular weight excluding hydrogens is 448 g/mol. The summed E-state index contributed by atoms with van der Waals surface area (Å²) in [6.07, 6.45) is 11.2. The number of urea groups is 1. The van der Waals surface area contributed by atoms with E-state index in [2.05, 4.69) is 45.5 Å². The second-order valence-corrected chi connectivity index (χ2v) is 9.40. The third kappa shape index (κ3) is 4.87. The predicted molar refractivity (Wildman–Crippen MR) is 143 cm³/mol. The van der Waals surface area contributed by atoms with Crippen molar-refractivity contribution in [1.82, 2.24) is 15.2 Å². The minimum atomic E-state index is -0.165. The molecule has 2 N–H and O–H groups in total. The van der Waals surface area contributed by atoms with E-state index in [4.69, 9.17) is 4.74 Å². The fraction of sp³-hybridized carbons (Fsp3) is 0.333.